The van der Waals surface area contributed by atoms with E-state index in [1.165, 1.54) is 0 Å². The Hall–Kier alpha value is -2.86. The molecular weight excluding hydrogens is 254 g/mol. The van der Waals surface area contributed by atoms with E-state index in [0.29, 0.717) is 12.1 Å². The lowest BCUT2D eigenvalue weighted by Crippen LogP contribution is -2.30. The summed E-state index contributed by atoms with van der Waals surface area (Å²) in [6.07, 6.45) is 1.41. The first-order valence-corrected chi connectivity index (χ1v) is 6.21. The summed E-state index contributed by atoms with van der Waals surface area (Å²) in [5.74, 6) is 0.105. The van der Waals surface area contributed by atoms with Crippen molar-refractivity contribution in [3.8, 4) is 12.1 Å². The molecule has 1 aliphatic rings. The second-order valence-corrected chi connectivity index (χ2v) is 4.50. The molecule has 0 saturated carbocycles. The van der Waals surface area contributed by atoms with E-state index in [0.717, 1.165) is 12.1 Å². The number of amides is 1. The maximum Gasteiger partial charge on any atom is 0.237 e. The molecule has 0 spiro atoms. The van der Waals surface area contributed by atoms with Gasteiger partial charge in [-0.15, -0.1) is 0 Å². The molecule has 1 amide bonds. The smallest absolute Gasteiger partial charge is 0.237 e. The van der Waals surface area contributed by atoms with Crippen molar-refractivity contribution in [1.29, 1.82) is 10.5 Å². The predicted octanol–water partition coefficient (Wildman–Crippen LogP) is 2.02. The second kappa shape index (κ2) is 5.85. The van der Waals surface area contributed by atoms with Crippen LogP contribution in [0.25, 0.3) is 0 Å². The minimum Gasteiger partial charge on any atom is -0.310 e. The van der Waals surface area contributed by atoms with Crippen LogP contribution >= 0.6 is 0 Å². The lowest BCUT2D eigenvalue weighted by Gasteiger charge is -2.22. The predicted molar refractivity (Wildman–Crippen MR) is 74.9 cm³/mol. The average molecular weight is 267 g/mol. The number of hydrogen-bond acceptors (Lipinski definition) is 5. The zero-order valence-corrected chi connectivity index (χ0v) is 11.0. The van der Waals surface area contributed by atoms with Crippen LogP contribution in [0.2, 0.25) is 0 Å². The van der Waals surface area contributed by atoms with Crippen molar-refractivity contribution >= 4 is 23.0 Å². The molecule has 0 aliphatic carbocycles. The van der Waals surface area contributed by atoms with Gasteiger partial charge in [-0.1, -0.05) is 6.07 Å². The number of hydrogen-bond donors (Lipinski definition) is 1. The van der Waals surface area contributed by atoms with Crippen LogP contribution in [0.15, 0.2) is 29.4 Å². The Kier molecular flexibility index (Phi) is 3.97. The van der Waals surface area contributed by atoms with E-state index in [1.807, 2.05) is 13.0 Å². The van der Waals surface area contributed by atoms with Crippen molar-refractivity contribution in [3.63, 3.8) is 0 Å². The highest BCUT2D eigenvalue weighted by Gasteiger charge is 2.28. The summed E-state index contributed by atoms with van der Waals surface area (Å²) in [6, 6.07) is 10.7. The van der Waals surface area contributed by atoms with Crippen LogP contribution in [0.3, 0.4) is 0 Å². The second-order valence-electron chi connectivity index (χ2n) is 4.50. The van der Waals surface area contributed by atoms with Gasteiger partial charge in [0.15, 0.2) is 0 Å². The van der Waals surface area contributed by atoms with Crippen molar-refractivity contribution < 1.29 is 4.79 Å². The zero-order chi connectivity index (χ0) is 14.5. The van der Waals surface area contributed by atoms with Gasteiger partial charge in [-0.2, -0.15) is 15.6 Å². The van der Waals surface area contributed by atoms with Crippen LogP contribution in [-0.4, -0.2) is 17.7 Å². The molecule has 0 radical (unpaired) electrons. The first-order valence-electron chi connectivity index (χ1n) is 6.21. The molecule has 2 rings (SSSR count). The molecule has 0 bridgehead atoms. The number of carbonyl (C=O) groups is 1. The molecule has 6 nitrogen and oxygen atoms in total. The first-order chi connectivity index (χ1) is 9.65. The monoisotopic (exact) mass is 267 g/mol. The number of nitrogens with zero attached hydrogens (tertiary/aromatic N) is 4. The molecular formula is C14H13N5O. The molecule has 0 aromatic heterocycles. The number of anilines is 2. The Morgan fingerprint density at radius 3 is 2.80 bits per heavy atom. The number of nitriles is 2. The van der Waals surface area contributed by atoms with Crippen LogP contribution in [-0.2, 0) is 4.79 Å². The van der Waals surface area contributed by atoms with Gasteiger partial charge in [0, 0.05) is 18.2 Å². The van der Waals surface area contributed by atoms with E-state index in [2.05, 4.69) is 10.5 Å². The number of benzene rings is 1. The number of carbonyl (C=O) groups excluding carboxylic acids is 1. The van der Waals surface area contributed by atoms with Gasteiger partial charge in [-0.25, -0.2) is 0 Å². The van der Waals surface area contributed by atoms with Crippen molar-refractivity contribution in [2.75, 3.05) is 10.3 Å². The molecule has 1 aromatic rings. The molecule has 1 aromatic carbocycles. The zero-order valence-electron chi connectivity index (χ0n) is 11.0. The van der Waals surface area contributed by atoms with Gasteiger partial charge in [0.05, 0.1) is 5.69 Å². The van der Waals surface area contributed by atoms with Gasteiger partial charge >= 0.3 is 0 Å². The van der Waals surface area contributed by atoms with Crippen LogP contribution in [0, 0.1) is 22.7 Å². The van der Waals surface area contributed by atoms with E-state index in [9.17, 15) is 4.79 Å². The van der Waals surface area contributed by atoms with E-state index < -0.39 is 0 Å². The summed E-state index contributed by atoms with van der Waals surface area (Å²) >= 11 is 0. The van der Waals surface area contributed by atoms with Gasteiger partial charge in [0.25, 0.3) is 0 Å². The van der Waals surface area contributed by atoms with Gasteiger partial charge in [-0.3, -0.25) is 10.2 Å². The summed E-state index contributed by atoms with van der Waals surface area (Å²) in [6.45, 7) is 2.01. The highest BCUT2D eigenvalue weighted by Crippen LogP contribution is 2.28. The number of hydrazone groups is 1. The third-order valence-electron chi connectivity index (χ3n) is 3.12. The fraction of sp³-hybridized carbons (Fsp3) is 0.286. The van der Waals surface area contributed by atoms with Crippen LogP contribution in [0.5, 0.6) is 0 Å². The Balaban J connectivity index is 2.21. The van der Waals surface area contributed by atoms with Crippen LogP contribution in [0.4, 0.5) is 11.4 Å². The minimum atomic E-state index is -0.249. The summed E-state index contributed by atoms with van der Waals surface area (Å²) in [5.41, 5.74) is 3.81. The lowest BCUT2D eigenvalue weighted by molar-refractivity contribution is -0.117. The fourth-order valence-corrected chi connectivity index (χ4v) is 2.15. The third kappa shape index (κ3) is 2.76. The molecule has 1 atom stereocenters. The third-order valence-corrected chi connectivity index (χ3v) is 3.12. The maximum absolute atomic E-state index is 11.8. The van der Waals surface area contributed by atoms with Crippen molar-refractivity contribution in [1.82, 2.24) is 0 Å². The van der Waals surface area contributed by atoms with E-state index in [-0.39, 0.29) is 17.7 Å². The largest absolute Gasteiger partial charge is 0.310 e. The van der Waals surface area contributed by atoms with E-state index in [1.54, 1.807) is 35.2 Å². The summed E-state index contributed by atoms with van der Waals surface area (Å²) in [4.78, 5) is 13.6. The molecule has 1 saturated heterocycles. The molecule has 1 unspecified atom stereocenters. The SMILES string of the molecule is CC1CCC(=O)N1c1cccc(NN=C(C#N)C#N)c1. The van der Waals surface area contributed by atoms with Gasteiger partial charge in [-0.05, 0) is 31.5 Å². The summed E-state index contributed by atoms with van der Waals surface area (Å²) < 4.78 is 0. The van der Waals surface area contributed by atoms with Gasteiger partial charge < -0.3 is 4.90 Å². The number of nitrogens with one attached hydrogen (secondary N) is 1. The maximum atomic E-state index is 11.8. The highest BCUT2D eigenvalue weighted by molar-refractivity contribution is 6.10. The lowest BCUT2D eigenvalue weighted by atomic mass is 10.2. The van der Waals surface area contributed by atoms with Gasteiger partial charge in [0.1, 0.15) is 12.1 Å². The molecule has 1 fully saturated rings. The molecule has 20 heavy (non-hydrogen) atoms. The molecule has 1 heterocycles. The molecule has 100 valence electrons. The molecule has 1 aliphatic heterocycles. The first kappa shape index (κ1) is 13.6. The number of rotatable bonds is 3. The summed E-state index contributed by atoms with van der Waals surface area (Å²) in [7, 11) is 0. The minimum absolute atomic E-state index is 0.105. The molecule has 6 heteroatoms. The summed E-state index contributed by atoms with van der Waals surface area (Å²) in [5, 5.41) is 20.9. The average Bonchev–Trinajstić information content (AvgIpc) is 2.79. The fourth-order valence-electron chi connectivity index (χ4n) is 2.15. The highest BCUT2D eigenvalue weighted by atomic mass is 16.2. The van der Waals surface area contributed by atoms with E-state index in [4.69, 9.17) is 10.5 Å². The van der Waals surface area contributed by atoms with Crippen molar-refractivity contribution in [2.45, 2.75) is 25.8 Å². The quantitative estimate of drug-likeness (QED) is 0.669. The normalized spacial score (nSPS) is 17.2. The van der Waals surface area contributed by atoms with E-state index >= 15 is 0 Å². The topological polar surface area (TPSA) is 92.3 Å². The van der Waals surface area contributed by atoms with Gasteiger partial charge in [0.2, 0.25) is 11.6 Å². The van der Waals surface area contributed by atoms with Crippen molar-refractivity contribution in [3.05, 3.63) is 24.3 Å². The Morgan fingerprint density at radius 2 is 2.20 bits per heavy atom. The van der Waals surface area contributed by atoms with Crippen molar-refractivity contribution in [2.24, 2.45) is 5.10 Å². The Morgan fingerprint density at radius 1 is 1.45 bits per heavy atom. The Labute approximate surface area is 116 Å². The standard InChI is InChI=1S/C14H13N5O/c1-10-5-6-14(20)19(10)13-4-2-3-11(7-13)17-18-12(8-15)9-16/h2-4,7,10,17H,5-6H2,1H3. The van der Waals surface area contributed by atoms with Crippen LogP contribution < -0.4 is 10.3 Å². The van der Waals surface area contributed by atoms with Crippen LogP contribution in [0.1, 0.15) is 19.8 Å². The Bertz CT molecular complexity index is 622. The molecule has 1 N–H and O–H groups in total.